The number of nitrogens with zero attached hydrogens (tertiary/aromatic N) is 1. The Hall–Kier alpha value is -2.95. The molecule has 3 amide bonds. The summed E-state index contributed by atoms with van der Waals surface area (Å²) in [6.07, 6.45) is 4.33. The van der Waals surface area contributed by atoms with Crippen molar-refractivity contribution in [1.82, 2.24) is 25.9 Å². The van der Waals surface area contributed by atoms with Crippen molar-refractivity contribution in [2.45, 2.75) is 91.4 Å². The molecule has 0 fully saturated rings. The molecule has 0 aliphatic heterocycles. The highest BCUT2D eigenvalue weighted by Crippen LogP contribution is 2.12. The van der Waals surface area contributed by atoms with Crippen LogP contribution in [0.15, 0.2) is 12.5 Å². The Morgan fingerprint density at radius 3 is 2.03 bits per heavy atom. The molecule has 0 spiro atoms. The van der Waals surface area contributed by atoms with Crippen LogP contribution >= 0.6 is 0 Å². The van der Waals surface area contributed by atoms with Gasteiger partial charge < -0.3 is 31.8 Å². The van der Waals surface area contributed by atoms with E-state index in [1.165, 1.54) is 12.5 Å². The second-order valence-corrected chi connectivity index (χ2v) is 9.98. The third-order valence-corrected chi connectivity index (χ3v) is 5.79. The maximum absolute atomic E-state index is 13.2. The molecule has 0 aromatic carbocycles. The zero-order chi connectivity index (χ0) is 26.7. The monoisotopic (exact) mass is 494 g/mol. The van der Waals surface area contributed by atoms with Gasteiger partial charge in [0, 0.05) is 18.3 Å². The van der Waals surface area contributed by atoms with Gasteiger partial charge >= 0.3 is 5.97 Å². The van der Waals surface area contributed by atoms with Crippen molar-refractivity contribution in [2.24, 2.45) is 23.5 Å². The number of amides is 3. The van der Waals surface area contributed by atoms with Crippen LogP contribution in [0.2, 0.25) is 0 Å². The summed E-state index contributed by atoms with van der Waals surface area (Å²) in [6, 6.07) is -3.80. The van der Waals surface area contributed by atoms with Crippen molar-refractivity contribution in [3.8, 4) is 0 Å². The van der Waals surface area contributed by atoms with E-state index in [0.717, 1.165) is 0 Å². The fraction of sp³-hybridized carbons (Fsp3) is 0.708. The van der Waals surface area contributed by atoms with E-state index in [0.29, 0.717) is 25.0 Å². The fourth-order valence-electron chi connectivity index (χ4n) is 3.63. The van der Waals surface area contributed by atoms with E-state index in [2.05, 4.69) is 25.9 Å². The van der Waals surface area contributed by atoms with Gasteiger partial charge in [-0.2, -0.15) is 0 Å². The van der Waals surface area contributed by atoms with Gasteiger partial charge in [-0.05, 0) is 30.6 Å². The second kappa shape index (κ2) is 14.4. The number of carbonyl (C=O) groups is 4. The Balaban J connectivity index is 2.99. The molecule has 1 aromatic rings. The van der Waals surface area contributed by atoms with Crippen LogP contribution in [-0.4, -0.2) is 62.9 Å². The quantitative estimate of drug-likeness (QED) is 0.210. The molecule has 0 saturated heterocycles. The van der Waals surface area contributed by atoms with E-state index < -0.39 is 47.9 Å². The lowest BCUT2D eigenvalue weighted by Crippen LogP contribution is -2.59. The van der Waals surface area contributed by atoms with Crippen molar-refractivity contribution >= 4 is 23.7 Å². The van der Waals surface area contributed by atoms with Crippen LogP contribution in [0.1, 0.15) is 66.5 Å². The number of aliphatic carboxylic acids is 1. The van der Waals surface area contributed by atoms with E-state index >= 15 is 0 Å². The van der Waals surface area contributed by atoms with Crippen molar-refractivity contribution in [3.63, 3.8) is 0 Å². The Morgan fingerprint density at radius 1 is 0.943 bits per heavy atom. The first-order valence-corrected chi connectivity index (χ1v) is 12.2. The summed E-state index contributed by atoms with van der Waals surface area (Å²) in [5, 5.41) is 17.6. The molecule has 7 N–H and O–H groups in total. The minimum Gasteiger partial charge on any atom is -0.480 e. The summed E-state index contributed by atoms with van der Waals surface area (Å²) < 4.78 is 0. The van der Waals surface area contributed by atoms with Gasteiger partial charge in [-0.25, -0.2) is 9.78 Å². The minimum absolute atomic E-state index is 0.0159. The van der Waals surface area contributed by atoms with Gasteiger partial charge in [0.25, 0.3) is 0 Å². The largest absolute Gasteiger partial charge is 0.480 e. The van der Waals surface area contributed by atoms with E-state index in [9.17, 15) is 24.3 Å². The van der Waals surface area contributed by atoms with Crippen LogP contribution < -0.4 is 21.7 Å². The Kier molecular flexibility index (Phi) is 12.4. The first-order chi connectivity index (χ1) is 16.3. The molecule has 1 aromatic heterocycles. The molecule has 198 valence electrons. The fourth-order valence-corrected chi connectivity index (χ4v) is 3.63. The van der Waals surface area contributed by atoms with Gasteiger partial charge in [-0.15, -0.1) is 0 Å². The molecule has 0 aliphatic carbocycles. The van der Waals surface area contributed by atoms with Crippen molar-refractivity contribution in [2.75, 3.05) is 0 Å². The normalized spacial score (nSPS) is 15.7. The average molecular weight is 495 g/mol. The number of H-pyrrole nitrogens is 1. The number of hydrogen-bond acceptors (Lipinski definition) is 6. The summed E-state index contributed by atoms with van der Waals surface area (Å²) in [6.45, 7) is 11.4. The first kappa shape index (κ1) is 30.1. The number of carboxylic acids is 1. The molecule has 1 rings (SSSR count). The van der Waals surface area contributed by atoms with E-state index in [-0.39, 0.29) is 24.2 Å². The lowest BCUT2D eigenvalue weighted by Gasteiger charge is -2.28. The Morgan fingerprint density at radius 2 is 1.54 bits per heavy atom. The molecule has 5 atom stereocenters. The molecule has 0 saturated carbocycles. The van der Waals surface area contributed by atoms with Gasteiger partial charge in [0.1, 0.15) is 18.1 Å². The Labute approximate surface area is 207 Å². The van der Waals surface area contributed by atoms with Crippen LogP contribution in [0.5, 0.6) is 0 Å². The van der Waals surface area contributed by atoms with Gasteiger partial charge in [-0.1, -0.05) is 48.0 Å². The molecule has 0 radical (unpaired) electrons. The Bertz CT molecular complexity index is 826. The molecule has 1 heterocycles. The van der Waals surface area contributed by atoms with Crippen LogP contribution in [-0.2, 0) is 25.6 Å². The van der Waals surface area contributed by atoms with Crippen LogP contribution in [0, 0.1) is 17.8 Å². The molecule has 35 heavy (non-hydrogen) atoms. The van der Waals surface area contributed by atoms with E-state index in [1.54, 1.807) is 6.92 Å². The van der Waals surface area contributed by atoms with Gasteiger partial charge in [0.2, 0.25) is 17.7 Å². The zero-order valence-corrected chi connectivity index (χ0v) is 21.6. The predicted octanol–water partition coefficient (Wildman–Crippen LogP) is 0.957. The second-order valence-electron chi connectivity index (χ2n) is 9.98. The maximum atomic E-state index is 13.2. The first-order valence-electron chi connectivity index (χ1n) is 12.2. The summed E-state index contributed by atoms with van der Waals surface area (Å²) in [4.78, 5) is 57.3. The maximum Gasteiger partial charge on any atom is 0.326 e. The highest BCUT2D eigenvalue weighted by Gasteiger charge is 2.33. The number of nitrogens with one attached hydrogen (secondary N) is 4. The molecule has 11 nitrogen and oxygen atoms in total. The van der Waals surface area contributed by atoms with Crippen molar-refractivity contribution in [1.29, 1.82) is 0 Å². The summed E-state index contributed by atoms with van der Waals surface area (Å²) in [5.74, 6) is -2.71. The van der Waals surface area contributed by atoms with Gasteiger partial charge in [0.15, 0.2) is 0 Å². The SMILES string of the molecule is CCC(C)C(NC(=O)C(CC(C)C)NC(=O)C(N)CC(C)C)C(=O)NC(Cc1cnc[nH]1)C(=O)O. The molecule has 0 aliphatic rings. The summed E-state index contributed by atoms with van der Waals surface area (Å²) >= 11 is 0. The van der Waals surface area contributed by atoms with Crippen LogP contribution in [0.25, 0.3) is 0 Å². The lowest BCUT2D eigenvalue weighted by atomic mass is 9.96. The highest BCUT2D eigenvalue weighted by atomic mass is 16.4. The third-order valence-electron chi connectivity index (χ3n) is 5.79. The number of rotatable bonds is 15. The molecule has 5 unspecified atom stereocenters. The smallest absolute Gasteiger partial charge is 0.326 e. The molecule has 0 bridgehead atoms. The number of aromatic nitrogens is 2. The topological polar surface area (TPSA) is 179 Å². The third kappa shape index (κ3) is 10.5. The summed E-state index contributed by atoms with van der Waals surface area (Å²) in [5.41, 5.74) is 6.54. The zero-order valence-electron chi connectivity index (χ0n) is 21.6. The molecular weight excluding hydrogens is 452 g/mol. The van der Waals surface area contributed by atoms with E-state index in [1.807, 2.05) is 34.6 Å². The number of imidazole rings is 1. The predicted molar refractivity (Wildman–Crippen MR) is 132 cm³/mol. The number of hydrogen-bond donors (Lipinski definition) is 6. The molecule has 11 heteroatoms. The number of carbonyl (C=O) groups excluding carboxylic acids is 3. The number of nitrogens with two attached hydrogens (primary N) is 1. The highest BCUT2D eigenvalue weighted by molar-refractivity contribution is 5.94. The average Bonchev–Trinajstić information content (AvgIpc) is 3.27. The van der Waals surface area contributed by atoms with Crippen LogP contribution in [0.4, 0.5) is 0 Å². The van der Waals surface area contributed by atoms with Crippen molar-refractivity contribution < 1.29 is 24.3 Å². The lowest BCUT2D eigenvalue weighted by molar-refractivity contribution is -0.142. The van der Waals surface area contributed by atoms with E-state index in [4.69, 9.17) is 5.73 Å². The van der Waals surface area contributed by atoms with Gasteiger partial charge in [-0.3, -0.25) is 14.4 Å². The number of carboxylic acid groups (broad SMARTS) is 1. The van der Waals surface area contributed by atoms with Crippen LogP contribution in [0.3, 0.4) is 0 Å². The van der Waals surface area contributed by atoms with Gasteiger partial charge in [0.05, 0.1) is 12.4 Å². The number of aromatic amines is 1. The minimum atomic E-state index is -1.20. The standard InChI is InChI=1S/C24H42N6O5/c1-7-15(6)20(23(33)29-19(24(34)35)10-16-11-26-12-27-16)30-22(32)18(9-14(4)5)28-21(31)17(25)8-13(2)3/h11-15,17-20H,7-10,25H2,1-6H3,(H,26,27)(H,28,31)(H,29,33)(H,30,32)(H,34,35). The molecular formula is C24H42N6O5. The van der Waals surface area contributed by atoms with Crippen molar-refractivity contribution in [3.05, 3.63) is 18.2 Å². The summed E-state index contributed by atoms with van der Waals surface area (Å²) in [7, 11) is 0.